The van der Waals surface area contributed by atoms with Crippen molar-refractivity contribution < 1.29 is 9.53 Å². The van der Waals surface area contributed by atoms with Crippen LogP contribution in [0.5, 0.6) is 0 Å². The molecule has 70 valence electrons. The molecule has 0 atom stereocenters. The summed E-state index contributed by atoms with van der Waals surface area (Å²) in [6.45, 7) is 2.13. The Morgan fingerprint density at radius 2 is 2.08 bits per heavy atom. The lowest BCUT2D eigenvalue weighted by Crippen LogP contribution is -2.12. The van der Waals surface area contributed by atoms with Crippen molar-refractivity contribution in [3.63, 3.8) is 0 Å². The molecule has 1 aromatic rings. The second-order valence-corrected chi connectivity index (χ2v) is 2.91. The first kappa shape index (κ1) is 9.92. The molecule has 0 saturated carbocycles. The Hall–Kier alpha value is -1.16. The molecule has 0 fully saturated rings. The van der Waals surface area contributed by atoms with Crippen LogP contribution in [0.3, 0.4) is 0 Å². The SMILES string of the molecule is CCOC(=O)Nc1ccc(S)cc1. The third kappa shape index (κ3) is 3.38. The summed E-state index contributed by atoms with van der Waals surface area (Å²) in [4.78, 5) is 11.8. The zero-order chi connectivity index (χ0) is 9.68. The van der Waals surface area contributed by atoms with E-state index >= 15 is 0 Å². The van der Waals surface area contributed by atoms with E-state index in [0.717, 1.165) is 4.90 Å². The predicted molar refractivity (Wildman–Crippen MR) is 54.3 cm³/mol. The molecular formula is C9H11NO2S. The summed E-state index contributed by atoms with van der Waals surface area (Å²) in [7, 11) is 0. The van der Waals surface area contributed by atoms with Crippen LogP contribution in [0.15, 0.2) is 29.2 Å². The number of hydrogen-bond acceptors (Lipinski definition) is 3. The Morgan fingerprint density at radius 1 is 1.46 bits per heavy atom. The summed E-state index contributed by atoms with van der Waals surface area (Å²) in [5, 5.41) is 2.57. The summed E-state index contributed by atoms with van der Waals surface area (Å²) < 4.78 is 4.71. The van der Waals surface area contributed by atoms with Crippen LogP contribution < -0.4 is 5.32 Å². The molecule has 0 aliphatic rings. The van der Waals surface area contributed by atoms with E-state index < -0.39 is 6.09 Å². The van der Waals surface area contributed by atoms with Crippen LogP contribution in [0.1, 0.15) is 6.92 Å². The second-order valence-electron chi connectivity index (χ2n) is 2.39. The van der Waals surface area contributed by atoms with Gasteiger partial charge >= 0.3 is 6.09 Å². The number of benzene rings is 1. The Balaban J connectivity index is 2.54. The van der Waals surface area contributed by atoms with E-state index in [1.165, 1.54) is 0 Å². The largest absolute Gasteiger partial charge is 0.450 e. The van der Waals surface area contributed by atoms with Crippen LogP contribution in [0, 0.1) is 0 Å². The van der Waals surface area contributed by atoms with Gasteiger partial charge in [-0.3, -0.25) is 5.32 Å². The first-order valence-electron chi connectivity index (χ1n) is 3.95. The molecule has 0 spiro atoms. The van der Waals surface area contributed by atoms with E-state index in [2.05, 4.69) is 17.9 Å². The minimum atomic E-state index is -0.436. The number of nitrogens with one attached hydrogen (secondary N) is 1. The zero-order valence-corrected chi connectivity index (χ0v) is 8.17. The lowest BCUT2D eigenvalue weighted by molar-refractivity contribution is 0.168. The lowest BCUT2D eigenvalue weighted by Gasteiger charge is -2.04. The Labute approximate surface area is 82.5 Å². The van der Waals surface area contributed by atoms with Crippen LogP contribution in [0.25, 0.3) is 0 Å². The summed E-state index contributed by atoms with van der Waals surface area (Å²) in [6.07, 6.45) is -0.436. The van der Waals surface area contributed by atoms with Crippen molar-refractivity contribution in [1.29, 1.82) is 0 Å². The van der Waals surface area contributed by atoms with Gasteiger partial charge in [-0.05, 0) is 31.2 Å². The van der Waals surface area contributed by atoms with Crippen LogP contribution in [-0.2, 0) is 4.74 Å². The number of carbonyl (C=O) groups excluding carboxylic acids is 1. The van der Waals surface area contributed by atoms with Gasteiger partial charge in [0.05, 0.1) is 6.61 Å². The van der Waals surface area contributed by atoms with Gasteiger partial charge in [0, 0.05) is 10.6 Å². The molecule has 0 bridgehead atoms. The molecule has 1 rings (SSSR count). The Kier molecular flexibility index (Phi) is 3.64. The van der Waals surface area contributed by atoms with Gasteiger partial charge in [-0.1, -0.05) is 0 Å². The molecular weight excluding hydrogens is 186 g/mol. The van der Waals surface area contributed by atoms with E-state index in [-0.39, 0.29) is 0 Å². The number of anilines is 1. The highest BCUT2D eigenvalue weighted by Crippen LogP contribution is 2.11. The molecule has 0 heterocycles. The van der Waals surface area contributed by atoms with E-state index in [9.17, 15) is 4.79 Å². The van der Waals surface area contributed by atoms with Gasteiger partial charge in [0.25, 0.3) is 0 Å². The van der Waals surface area contributed by atoms with Crippen LogP contribution in [0.2, 0.25) is 0 Å². The number of carbonyl (C=O) groups is 1. The molecule has 0 unspecified atom stereocenters. The zero-order valence-electron chi connectivity index (χ0n) is 7.28. The summed E-state index contributed by atoms with van der Waals surface area (Å²) >= 11 is 4.12. The monoisotopic (exact) mass is 197 g/mol. The van der Waals surface area contributed by atoms with Crippen molar-refractivity contribution in [2.75, 3.05) is 11.9 Å². The maximum absolute atomic E-state index is 10.9. The van der Waals surface area contributed by atoms with Crippen molar-refractivity contribution >= 4 is 24.4 Å². The number of amides is 1. The molecule has 13 heavy (non-hydrogen) atoms. The minimum Gasteiger partial charge on any atom is -0.450 e. The first-order valence-corrected chi connectivity index (χ1v) is 4.40. The maximum Gasteiger partial charge on any atom is 0.411 e. The molecule has 1 aromatic carbocycles. The van der Waals surface area contributed by atoms with Gasteiger partial charge in [0.15, 0.2) is 0 Å². The fourth-order valence-corrected chi connectivity index (χ4v) is 0.979. The molecule has 0 aliphatic heterocycles. The highest BCUT2D eigenvalue weighted by molar-refractivity contribution is 7.80. The number of hydrogen-bond donors (Lipinski definition) is 2. The normalized spacial score (nSPS) is 9.38. The third-order valence-corrected chi connectivity index (χ3v) is 1.69. The van der Waals surface area contributed by atoms with Crippen molar-refractivity contribution in [1.82, 2.24) is 0 Å². The van der Waals surface area contributed by atoms with Crippen molar-refractivity contribution in [2.24, 2.45) is 0 Å². The van der Waals surface area contributed by atoms with E-state index in [1.807, 2.05) is 0 Å². The Bertz CT molecular complexity index is 284. The fourth-order valence-electron chi connectivity index (χ4n) is 0.830. The quantitative estimate of drug-likeness (QED) is 0.715. The van der Waals surface area contributed by atoms with Crippen LogP contribution in [0.4, 0.5) is 10.5 Å². The molecule has 1 amide bonds. The Morgan fingerprint density at radius 3 is 2.62 bits per heavy atom. The average Bonchev–Trinajstić information content (AvgIpc) is 2.09. The lowest BCUT2D eigenvalue weighted by atomic mass is 10.3. The summed E-state index contributed by atoms with van der Waals surface area (Å²) in [5.74, 6) is 0. The highest BCUT2D eigenvalue weighted by Gasteiger charge is 1.99. The standard InChI is InChI=1S/C9H11NO2S/c1-2-12-9(11)10-7-3-5-8(13)6-4-7/h3-6,13H,2H2,1H3,(H,10,11). The third-order valence-electron chi connectivity index (χ3n) is 1.39. The molecule has 0 saturated heterocycles. The second kappa shape index (κ2) is 4.77. The van der Waals surface area contributed by atoms with Gasteiger partial charge in [-0.25, -0.2) is 4.79 Å². The predicted octanol–water partition coefficient (Wildman–Crippen LogP) is 2.54. The van der Waals surface area contributed by atoms with Crippen molar-refractivity contribution in [3.8, 4) is 0 Å². The molecule has 0 aromatic heterocycles. The topological polar surface area (TPSA) is 38.3 Å². The molecule has 1 N–H and O–H groups in total. The van der Waals surface area contributed by atoms with E-state index in [1.54, 1.807) is 31.2 Å². The smallest absolute Gasteiger partial charge is 0.411 e. The van der Waals surface area contributed by atoms with Crippen LogP contribution >= 0.6 is 12.6 Å². The van der Waals surface area contributed by atoms with Gasteiger partial charge in [-0.15, -0.1) is 12.6 Å². The average molecular weight is 197 g/mol. The molecule has 3 nitrogen and oxygen atoms in total. The van der Waals surface area contributed by atoms with E-state index in [0.29, 0.717) is 12.3 Å². The molecule has 0 radical (unpaired) electrons. The highest BCUT2D eigenvalue weighted by atomic mass is 32.1. The van der Waals surface area contributed by atoms with Crippen molar-refractivity contribution in [3.05, 3.63) is 24.3 Å². The number of rotatable bonds is 2. The number of thiol groups is 1. The van der Waals surface area contributed by atoms with Crippen molar-refractivity contribution in [2.45, 2.75) is 11.8 Å². The summed E-state index contributed by atoms with van der Waals surface area (Å²) in [6, 6.07) is 7.12. The number of ether oxygens (including phenoxy) is 1. The van der Waals surface area contributed by atoms with Gasteiger partial charge < -0.3 is 4.74 Å². The minimum absolute atomic E-state index is 0.372. The molecule has 0 aliphatic carbocycles. The fraction of sp³-hybridized carbons (Fsp3) is 0.222. The molecule has 4 heteroatoms. The van der Waals surface area contributed by atoms with Gasteiger partial charge in [0.1, 0.15) is 0 Å². The van der Waals surface area contributed by atoms with Gasteiger partial charge in [0.2, 0.25) is 0 Å². The summed E-state index contributed by atoms with van der Waals surface area (Å²) in [5.41, 5.74) is 0.705. The van der Waals surface area contributed by atoms with Crippen LogP contribution in [-0.4, -0.2) is 12.7 Å². The van der Waals surface area contributed by atoms with E-state index in [4.69, 9.17) is 4.74 Å². The van der Waals surface area contributed by atoms with Gasteiger partial charge in [-0.2, -0.15) is 0 Å². The maximum atomic E-state index is 10.9. The first-order chi connectivity index (χ1) is 6.22.